The Bertz CT molecular complexity index is 655. The average Bonchev–Trinajstić information content (AvgIpc) is 3.18. The van der Waals surface area contributed by atoms with E-state index in [1.54, 1.807) is 0 Å². The van der Waals surface area contributed by atoms with Crippen molar-refractivity contribution in [3.63, 3.8) is 0 Å². The zero-order valence-corrected chi connectivity index (χ0v) is 40.6. The summed E-state index contributed by atoms with van der Waals surface area (Å²) in [6.07, 6.45) is 75.8. The van der Waals surface area contributed by atoms with Crippen molar-refractivity contribution in [1.29, 1.82) is 0 Å². The highest BCUT2D eigenvalue weighted by atomic mass is 14.1. The topological polar surface area (TPSA) is 0 Å². The van der Waals surface area contributed by atoms with Gasteiger partial charge in [-0.1, -0.05) is 349 Å². The van der Waals surface area contributed by atoms with Gasteiger partial charge in [0.25, 0.3) is 0 Å². The Morgan fingerprint density at radius 2 is 0.268 bits per heavy atom. The lowest BCUT2D eigenvalue weighted by molar-refractivity contribution is 0.356. The molecule has 0 heterocycles. The van der Waals surface area contributed by atoms with Crippen molar-refractivity contribution in [2.75, 3.05) is 0 Å². The van der Waals surface area contributed by atoms with Gasteiger partial charge in [-0.3, -0.25) is 0 Å². The molecular weight excluding hydrogens is 673 g/mol. The molecule has 0 atom stereocenters. The predicted octanol–water partition coefficient (Wildman–Crippen LogP) is 21.9. The fraction of sp³-hybridized carbons (Fsp3) is 1.00. The molecule has 0 aromatic carbocycles. The minimum Gasteiger partial charge on any atom is -0.0654 e. The van der Waals surface area contributed by atoms with Gasteiger partial charge in [0.05, 0.1) is 0 Å². The highest BCUT2D eigenvalue weighted by Gasteiger charge is 2.08. The van der Waals surface area contributed by atoms with Crippen LogP contribution in [0.1, 0.15) is 355 Å². The lowest BCUT2D eigenvalue weighted by Crippen LogP contribution is -2.03. The van der Waals surface area contributed by atoms with Gasteiger partial charge in [-0.15, -0.1) is 0 Å². The van der Waals surface area contributed by atoms with Gasteiger partial charge in [-0.25, -0.2) is 0 Å². The molecule has 0 aliphatic heterocycles. The van der Waals surface area contributed by atoms with E-state index in [4.69, 9.17) is 0 Å². The van der Waals surface area contributed by atoms with Crippen molar-refractivity contribution in [3.05, 3.63) is 0 Å². The highest BCUT2D eigenvalue weighted by molar-refractivity contribution is 4.61. The molecule has 0 N–H and O–H groups in total. The van der Waals surface area contributed by atoms with E-state index in [2.05, 4.69) is 27.7 Å². The quantitative estimate of drug-likeness (QED) is 0.0539. The lowest BCUT2D eigenvalue weighted by Gasteiger charge is -2.17. The van der Waals surface area contributed by atoms with E-state index in [9.17, 15) is 0 Å². The second kappa shape index (κ2) is 49.4. The molecule has 338 valence electrons. The number of unbranched alkanes of at least 4 members (excludes halogenated alkanes) is 49. The fourth-order valence-corrected chi connectivity index (χ4v) is 9.21. The summed E-state index contributed by atoms with van der Waals surface area (Å²) in [6, 6.07) is 0. The summed E-state index contributed by atoms with van der Waals surface area (Å²) in [5.41, 5.74) is 0.531. The Morgan fingerprint density at radius 3 is 0.375 bits per heavy atom. The first-order valence-electron chi connectivity index (χ1n) is 27.6. The zero-order valence-electron chi connectivity index (χ0n) is 40.6. The van der Waals surface area contributed by atoms with E-state index >= 15 is 0 Å². The maximum Gasteiger partial charge on any atom is -0.0383 e. The van der Waals surface area contributed by atoms with Crippen LogP contribution in [0.25, 0.3) is 0 Å². The van der Waals surface area contributed by atoms with Crippen molar-refractivity contribution in [2.45, 2.75) is 355 Å². The minimum absolute atomic E-state index is 0.531. The van der Waals surface area contributed by atoms with E-state index in [-0.39, 0.29) is 0 Å². The van der Waals surface area contributed by atoms with Gasteiger partial charge in [-0.05, 0) is 11.8 Å². The number of rotatable bonds is 50. The molecule has 0 nitrogen and oxygen atoms in total. The van der Waals surface area contributed by atoms with Gasteiger partial charge in [-0.2, -0.15) is 0 Å². The smallest absolute Gasteiger partial charge is 0.0383 e. The minimum atomic E-state index is 0.531. The first kappa shape index (κ1) is 56.0. The molecule has 0 aromatic rings. The Balaban J connectivity index is 3.06. The van der Waals surface area contributed by atoms with Crippen molar-refractivity contribution in [3.8, 4) is 0 Å². The van der Waals surface area contributed by atoms with Gasteiger partial charge in [0.15, 0.2) is 0 Å². The zero-order chi connectivity index (χ0) is 40.6. The SMILES string of the molecule is CCCCCCCCCCCCCCCCCCCCCCCCCCCCCCCCCCCCCCCCCCCCCCCCCCCCC(C)(C)C. The summed E-state index contributed by atoms with van der Waals surface area (Å²) in [4.78, 5) is 0. The summed E-state index contributed by atoms with van der Waals surface area (Å²) in [7, 11) is 0. The second-order valence-electron chi connectivity index (χ2n) is 20.6. The molecule has 0 aliphatic rings. The molecule has 0 saturated carbocycles. The van der Waals surface area contributed by atoms with Crippen molar-refractivity contribution >= 4 is 0 Å². The Kier molecular flexibility index (Phi) is 49.4. The van der Waals surface area contributed by atoms with Crippen molar-refractivity contribution in [1.82, 2.24) is 0 Å². The molecule has 0 heteroatoms. The summed E-state index contributed by atoms with van der Waals surface area (Å²) in [5, 5.41) is 0. The molecule has 0 amide bonds. The molecule has 0 spiro atoms. The predicted molar refractivity (Wildman–Crippen MR) is 261 cm³/mol. The summed E-state index contributed by atoms with van der Waals surface area (Å²) >= 11 is 0. The average molecular weight is 788 g/mol. The first-order valence-corrected chi connectivity index (χ1v) is 27.6. The van der Waals surface area contributed by atoms with E-state index in [0.717, 1.165) is 0 Å². The van der Waals surface area contributed by atoms with Gasteiger partial charge in [0, 0.05) is 0 Å². The molecule has 0 aromatic heterocycles. The first-order chi connectivity index (χ1) is 27.6. The molecule has 0 rings (SSSR count). The molecule has 0 saturated heterocycles. The number of hydrogen-bond acceptors (Lipinski definition) is 0. The summed E-state index contributed by atoms with van der Waals surface area (Å²) < 4.78 is 0. The van der Waals surface area contributed by atoms with Crippen LogP contribution in [0.4, 0.5) is 0 Å². The van der Waals surface area contributed by atoms with Crippen molar-refractivity contribution < 1.29 is 0 Å². The van der Waals surface area contributed by atoms with Crippen LogP contribution < -0.4 is 0 Å². The van der Waals surface area contributed by atoms with Crippen LogP contribution in [-0.2, 0) is 0 Å². The van der Waals surface area contributed by atoms with Crippen LogP contribution in [0.2, 0.25) is 0 Å². The highest BCUT2D eigenvalue weighted by Crippen LogP contribution is 2.23. The van der Waals surface area contributed by atoms with E-state index < -0.39 is 0 Å². The number of hydrogen-bond donors (Lipinski definition) is 0. The third-order valence-electron chi connectivity index (χ3n) is 13.3. The van der Waals surface area contributed by atoms with Crippen LogP contribution >= 0.6 is 0 Å². The lowest BCUT2D eigenvalue weighted by atomic mass is 9.89. The third-order valence-corrected chi connectivity index (χ3v) is 13.3. The normalized spacial score (nSPS) is 12.0. The molecule has 0 fully saturated rings. The van der Waals surface area contributed by atoms with E-state index in [0.29, 0.717) is 5.41 Å². The van der Waals surface area contributed by atoms with Gasteiger partial charge in [0.1, 0.15) is 0 Å². The van der Waals surface area contributed by atoms with Crippen LogP contribution in [0, 0.1) is 5.41 Å². The largest absolute Gasteiger partial charge is 0.0654 e. The Morgan fingerprint density at radius 1 is 0.161 bits per heavy atom. The monoisotopic (exact) mass is 787 g/mol. The van der Waals surface area contributed by atoms with E-state index in [1.165, 1.54) is 327 Å². The fourth-order valence-electron chi connectivity index (χ4n) is 9.21. The van der Waals surface area contributed by atoms with Crippen molar-refractivity contribution in [2.24, 2.45) is 5.41 Å². The van der Waals surface area contributed by atoms with Gasteiger partial charge < -0.3 is 0 Å². The third kappa shape index (κ3) is 54.0. The maximum atomic E-state index is 2.38. The summed E-state index contributed by atoms with van der Waals surface area (Å²) in [6.45, 7) is 9.44. The Labute approximate surface area is 359 Å². The van der Waals surface area contributed by atoms with Gasteiger partial charge in [0.2, 0.25) is 0 Å². The molecule has 0 aliphatic carbocycles. The molecule has 56 heavy (non-hydrogen) atoms. The molecule has 0 bridgehead atoms. The van der Waals surface area contributed by atoms with Crippen LogP contribution in [0.3, 0.4) is 0 Å². The standard InChI is InChI=1S/C56H114/c1-5-6-7-8-9-10-11-12-13-14-15-16-17-18-19-20-21-22-23-24-25-26-27-28-29-30-31-32-33-34-35-36-37-38-39-40-41-42-43-44-45-46-47-48-49-50-51-52-53-54-55-56(2,3)4/h5-55H2,1-4H3. The molecular formula is C56H114. The van der Waals surface area contributed by atoms with Crippen LogP contribution in [0.15, 0.2) is 0 Å². The summed E-state index contributed by atoms with van der Waals surface area (Å²) in [5.74, 6) is 0. The van der Waals surface area contributed by atoms with Crippen LogP contribution in [0.5, 0.6) is 0 Å². The molecule has 0 unspecified atom stereocenters. The molecule has 0 radical (unpaired) electrons. The Hall–Kier alpha value is 0. The second-order valence-corrected chi connectivity index (χ2v) is 20.6. The van der Waals surface area contributed by atoms with Gasteiger partial charge >= 0.3 is 0 Å². The maximum absolute atomic E-state index is 2.38. The van der Waals surface area contributed by atoms with E-state index in [1.807, 2.05) is 0 Å². The van der Waals surface area contributed by atoms with Crippen LogP contribution in [-0.4, -0.2) is 0 Å².